The molecule has 0 saturated carbocycles. The van der Waals surface area contributed by atoms with Crippen LogP contribution in [-0.2, 0) is 13.1 Å². The topological polar surface area (TPSA) is 76.8 Å². The van der Waals surface area contributed by atoms with Gasteiger partial charge in [-0.2, -0.15) is 0 Å². The maximum absolute atomic E-state index is 12.1. The molecule has 34 heavy (non-hydrogen) atoms. The van der Waals surface area contributed by atoms with E-state index in [-0.39, 0.29) is 11.5 Å². The molecular weight excluding hydrogens is 432 g/mol. The summed E-state index contributed by atoms with van der Waals surface area (Å²) >= 11 is 0. The molecular formula is C26H32N4O4. The summed E-state index contributed by atoms with van der Waals surface area (Å²) < 4.78 is 14.1. The molecule has 1 saturated heterocycles. The van der Waals surface area contributed by atoms with Gasteiger partial charge in [0.1, 0.15) is 0 Å². The lowest BCUT2D eigenvalue weighted by Gasteiger charge is -2.34. The number of rotatable bonds is 10. The molecule has 2 aromatic carbocycles. The van der Waals surface area contributed by atoms with E-state index in [4.69, 9.17) is 8.83 Å². The van der Waals surface area contributed by atoms with Crippen LogP contribution in [0.15, 0.2) is 67.0 Å². The Kier molecular flexibility index (Phi) is 6.97. The zero-order valence-corrected chi connectivity index (χ0v) is 19.5. The van der Waals surface area contributed by atoms with E-state index in [1.54, 1.807) is 9.13 Å². The third kappa shape index (κ3) is 5.03. The third-order valence-corrected chi connectivity index (χ3v) is 6.82. The van der Waals surface area contributed by atoms with Crippen molar-refractivity contribution < 1.29 is 8.83 Å². The fourth-order valence-corrected chi connectivity index (χ4v) is 4.90. The molecule has 0 aliphatic carbocycles. The van der Waals surface area contributed by atoms with Crippen molar-refractivity contribution in [2.45, 2.75) is 38.8 Å². The van der Waals surface area contributed by atoms with Crippen LogP contribution >= 0.6 is 0 Å². The molecule has 0 radical (unpaired) electrons. The smallest absolute Gasteiger partial charge is 0.408 e. The van der Waals surface area contributed by atoms with Gasteiger partial charge < -0.3 is 18.6 Å². The van der Waals surface area contributed by atoms with Gasteiger partial charge in [0.05, 0.1) is 11.0 Å². The van der Waals surface area contributed by atoms with Crippen molar-refractivity contribution in [2.75, 3.05) is 39.3 Å². The van der Waals surface area contributed by atoms with Crippen LogP contribution in [0, 0.1) is 0 Å². The number of piperazine rings is 1. The highest BCUT2D eigenvalue weighted by atomic mass is 16.4. The first-order chi connectivity index (χ1) is 16.7. The van der Waals surface area contributed by atoms with Crippen LogP contribution in [0.25, 0.3) is 22.2 Å². The second-order valence-corrected chi connectivity index (χ2v) is 9.07. The Morgan fingerprint density at radius 3 is 1.38 bits per heavy atom. The molecule has 1 fully saturated rings. The fourth-order valence-electron chi connectivity index (χ4n) is 4.90. The van der Waals surface area contributed by atoms with Crippen LogP contribution < -0.4 is 11.5 Å². The van der Waals surface area contributed by atoms with Crippen LogP contribution in [0.1, 0.15) is 25.7 Å². The molecule has 8 heteroatoms. The van der Waals surface area contributed by atoms with E-state index in [1.807, 2.05) is 48.5 Å². The lowest BCUT2D eigenvalue weighted by molar-refractivity contribution is 0.128. The van der Waals surface area contributed by atoms with Crippen molar-refractivity contribution >= 4 is 22.2 Å². The molecule has 0 amide bonds. The minimum atomic E-state index is -0.263. The second-order valence-electron chi connectivity index (χ2n) is 9.07. The van der Waals surface area contributed by atoms with E-state index in [0.717, 1.165) is 76.0 Å². The predicted molar refractivity (Wildman–Crippen MR) is 132 cm³/mol. The van der Waals surface area contributed by atoms with Gasteiger partial charge in [-0.3, -0.25) is 9.13 Å². The normalized spacial score (nSPS) is 15.5. The molecule has 0 unspecified atom stereocenters. The Labute approximate surface area is 198 Å². The average Bonchev–Trinajstić information content (AvgIpc) is 3.35. The lowest BCUT2D eigenvalue weighted by atomic mass is 10.2. The molecule has 0 N–H and O–H groups in total. The highest BCUT2D eigenvalue weighted by Crippen LogP contribution is 2.14. The number of unbranched alkanes of at least 4 members (excludes halogenated alkanes) is 2. The second kappa shape index (κ2) is 10.4. The highest BCUT2D eigenvalue weighted by Gasteiger charge is 2.16. The van der Waals surface area contributed by atoms with E-state index < -0.39 is 0 Å². The van der Waals surface area contributed by atoms with Crippen molar-refractivity contribution in [1.29, 1.82) is 0 Å². The summed E-state index contributed by atoms with van der Waals surface area (Å²) in [5, 5.41) is 0. The number of aryl methyl sites for hydroxylation is 2. The molecule has 180 valence electrons. The molecule has 1 aliphatic heterocycles. The van der Waals surface area contributed by atoms with Gasteiger partial charge in [0.15, 0.2) is 11.2 Å². The van der Waals surface area contributed by atoms with Gasteiger partial charge in [-0.25, -0.2) is 9.59 Å². The molecule has 8 nitrogen and oxygen atoms in total. The summed E-state index contributed by atoms with van der Waals surface area (Å²) in [4.78, 5) is 29.2. The zero-order chi connectivity index (χ0) is 23.3. The van der Waals surface area contributed by atoms with Crippen molar-refractivity contribution in [3.63, 3.8) is 0 Å². The predicted octanol–water partition coefficient (Wildman–Crippen LogP) is 3.38. The molecule has 4 aromatic rings. The third-order valence-electron chi connectivity index (χ3n) is 6.82. The summed E-state index contributed by atoms with van der Waals surface area (Å²) in [7, 11) is 0. The summed E-state index contributed by atoms with van der Waals surface area (Å²) in [6, 6.07) is 15.2. The Bertz CT molecular complexity index is 1240. The molecule has 1 aliphatic rings. The van der Waals surface area contributed by atoms with E-state index >= 15 is 0 Å². The van der Waals surface area contributed by atoms with Crippen LogP contribution in [0.4, 0.5) is 0 Å². The summed E-state index contributed by atoms with van der Waals surface area (Å²) in [5.74, 6) is -0.527. The number of para-hydroxylation sites is 4. The Morgan fingerprint density at radius 2 is 0.941 bits per heavy atom. The first kappa shape index (κ1) is 22.7. The fraction of sp³-hybridized carbons (Fsp3) is 0.462. The lowest BCUT2D eigenvalue weighted by Crippen LogP contribution is -2.46. The molecule has 0 bridgehead atoms. The first-order valence-corrected chi connectivity index (χ1v) is 12.3. The molecule has 2 aromatic heterocycles. The number of benzene rings is 2. The van der Waals surface area contributed by atoms with Gasteiger partial charge in [-0.15, -0.1) is 0 Å². The summed E-state index contributed by atoms with van der Waals surface area (Å²) in [6.07, 6.45) is 4.07. The Balaban J connectivity index is 0.987. The minimum Gasteiger partial charge on any atom is -0.408 e. The van der Waals surface area contributed by atoms with Gasteiger partial charge in [-0.1, -0.05) is 24.3 Å². The van der Waals surface area contributed by atoms with Crippen molar-refractivity contribution in [3.8, 4) is 0 Å². The van der Waals surface area contributed by atoms with Crippen molar-refractivity contribution in [2.24, 2.45) is 0 Å². The van der Waals surface area contributed by atoms with Crippen molar-refractivity contribution in [3.05, 3.63) is 69.6 Å². The van der Waals surface area contributed by atoms with E-state index in [9.17, 15) is 9.59 Å². The largest absolute Gasteiger partial charge is 0.419 e. The van der Waals surface area contributed by atoms with Gasteiger partial charge in [-0.05, 0) is 63.0 Å². The Hall–Kier alpha value is -3.10. The number of aromatic nitrogens is 2. The van der Waals surface area contributed by atoms with E-state index in [1.165, 1.54) is 0 Å². The van der Waals surface area contributed by atoms with Crippen LogP contribution in [0.2, 0.25) is 0 Å². The van der Waals surface area contributed by atoms with Gasteiger partial charge >= 0.3 is 11.5 Å². The quantitative estimate of drug-likeness (QED) is 0.335. The molecule has 5 rings (SSSR count). The monoisotopic (exact) mass is 464 g/mol. The van der Waals surface area contributed by atoms with Crippen molar-refractivity contribution in [1.82, 2.24) is 18.9 Å². The standard InChI is InChI=1S/C26H32N4O4/c31-25-29(21-9-1-3-11-23(21)33-25)15-7-5-13-27-17-19-28(20-18-27)14-6-8-16-30-22-10-2-4-12-24(22)34-26(30)32/h1-4,9-12H,5-8,13-20H2. The summed E-state index contributed by atoms with van der Waals surface area (Å²) in [6.45, 7) is 7.86. The van der Waals surface area contributed by atoms with Crippen LogP contribution in [-0.4, -0.2) is 58.2 Å². The number of oxazole rings is 2. The maximum Gasteiger partial charge on any atom is 0.419 e. The Morgan fingerprint density at radius 1 is 0.559 bits per heavy atom. The van der Waals surface area contributed by atoms with Crippen LogP contribution in [0.5, 0.6) is 0 Å². The molecule has 0 atom stereocenters. The first-order valence-electron chi connectivity index (χ1n) is 12.3. The number of nitrogens with zero attached hydrogens (tertiary/aromatic N) is 4. The van der Waals surface area contributed by atoms with Gasteiger partial charge in [0, 0.05) is 39.3 Å². The maximum atomic E-state index is 12.1. The SMILES string of the molecule is O=c1oc2ccccc2n1CCCCN1CCN(CCCCn2c(=O)oc3ccccc32)CC1. The van der Waals surface area contributed by atoms with E-state index in [2.05, 4.69) is 9.80 Å². The number of fused-ring (bicyclic) bond motifs is 2. The number of hydrogen-bond acceptors (Lipinski definition) is 6. The molecule has 0 spiro atoms. The molecule has 3 heterocycles. The average molecular weight is 465 g/mol. The minimum absolute atomic E-state index is 0.263. The number of hydrogen-bond donors (Lipinski definition) is 0. The van der Waals surface area contributed by atoms with Crippen LogP contribution in [0.3, 0.4) is 0 Å². The summed E-state index contributed by atoms with van der Waals surface area (Å²) in [5.41, 5.74) is 3.08. The van der Waals surface area contributed by atoms with Gasteiger partial charge in [0.2, 0.25) is 0 Å². The van der Waals surface area contributed by atoms with Gasteiger partial charge in [0.25, 0.3) is 0 Å². The zero-order valence-electron chi connectivity index (χ0n) is 19.5. The van der Waals surface area contributed by atoms with E-state index in [0.29, 0.717) is 24.3 Å². The highest BCUT2D eigenvalue weighted by molar-refractivity contribution is 5.73.